The van der Waals surface area contributed by atoms with Crippen molar-refractivity contribution in [1.29, 1.82) is 5.26 Å². The number of hydrogen-bond acceptors (Lipinski definition) is 3. The minimum absolute atomic E-state index is 0.0304. The zero-order chi connectivity index (χ0) is 17.2. The van der Waals surface area contributed by atoms with Crippen molar-refractivity contribution < 1.29 is 4.79 Å². The number of H-pyrrole nitrogens is 1. The first kappa shape index (κ1) is 15.2. The van der Waals surface area contributed by atoms with E-state index in [1.807, 2.05) is 36.4 Å². The average Bonchev–Trinajstić information content (AvgIpc) is 3.24. The van der Waals surface area contributed by atoms with E-state index in [0.29, 0.717) is 6.42 Å². The molecule has 124 valence electrons. The number of amides is 2. The molecule has 0 radical (unpaired) electrons. The van der Waals surface area contributed by atoms with Gasteiger partial charge in [0, 0.05) is 5.39 Å². The molecule has 1 aliphatic carbocycles. The van der Waals surface area contributed by atoms with Crippen LogP contribution in [0.3, 0.4) is 0 Å². The fraction of sp³-hybridized carbons (Fsp3) is 0.211. The molecule has 3 aromatic rings. The molecule has 4 rings (SSSR count). The highest BCUT2D eigenvalue weighted by molar-refractivity contribution is 6.00. The van der Waals surface area contributed by atoms with Gasteiger partial charge in [0.25, 0.3) is 0 Å². The molecule has 1 aliphatic rings. The van der Waals surface area contributed by atoms with Crippen molar-refractivity contribution in [1.82, 2.24) is 15.5 Å². The molecule has 1 heterocycles. The summed E-state index contributed by atoms with van der Waals surface area (Å²) >= 11 is 0. The average molecular weight is 331 g/mol. The van der Waals surface area contributed by atoms with Crippen LogP contribution in [0.25, 0.3) is 10.9 Å². The van der Waals surface area contributed by atoms with Crippen LogP contribution in [0.15, 0.2) is 42.6 Å². The van der Waals surface area contributed by atoms with Crippen molar-refractivity contribution in [3.05, 3.63) is 59.3 Å². The number of aromatic amines is 1. The molecule has 0 fully saturated rings. The lowest BCUT2D eigenvalue weighted by molar-refractivity contribution is 0.248. The molecule has 2 aromatic carbocycles. The van der Waals surface area contributed by atoms with Crippen LogP contribution in [0.5, 0.6) is 0 Å². The lowest BCUT2D eigenvalue weighted by Crippen LogP contribution is -2.31. The molecule has 1 unspecified atom stereocenters. The molecular weight excluding hydrogens is 314 g/mol. The Kier molecular flexibility index (Phi) is 3.82. The van der Waals surface area contributed by atoms with Crippen molar-refractivity contribution >= 4 is 22.6 Å². The highest BCUT2D eigenvalue weighted by Crippen LogP contribution is 2.33. The second-order valence-electron chi connectivity index (χ2n) is 6.15. The zero-order valence-corrected chi connectivity index (χ0v) is 13.5. The van der Waals surface area contributed by atoms with Gasteiger partial charge in [-0.3, -0.25) is 5.10 Å². The molecule has 3 N–H and O–H groups in total. The Labute approximate surface area is 144 Å². The minimum Gasteiger partial charge on any atom is -0.331 e. The first-order valence-corrected chi connectivity index (χ1v) is 8.23. The van der Waals surface area contributed by atoms with Crippen LogP contribution in [0, 0.1) is 11.3 Å². The largest absolute Gasteiger partial charge is 0.331 e. The van der Waals surface area contributed by atoms with E-state index >= 15 is 0 Å². The van der Waals surface area contributed by atoms with Crippen molar-refractivity contribution in [2.24, 2.45) is 0 Å². The van der Waals surface area contributed by atoms with E-state index in [9.17, 15) is 4.79 Å². The molecule has 0 bridgehead atoms. The molecule has 1 aromatic heterocycles. The highest BCUT2D eigenvalue weighted by atomic mass is 16.2. The van der Waals surface area contributed by atoms with Gasteiger partial charge in [0.15, 0.2) is 0 Å². The minimum atomic E-state index is -0.239. The first-order chi connectivity index (χ1) is 12.3. The lowest BCUT2D eigenvalue weighted by Gasteiger charge is -2.15. The Bertz CT molecular complexity index is 985. The van der Waals surface area contributed by atoms with Gasteiger partial charge in [0.1, 0.15) is 0 Å². The first-order valence-electron chi connectivity index (χ1n) is 8.23. The summed E-state index contributed by atoms with van der Waals surface area (Å²) in [6.45, 7) is 0. The summed E-state index contributed by atoms with van der Waals surface area (Å²) in [5.41, 5.74) is 4.98. The Morgan fingerprint density at radius 3 is 3.08 bits per heavy atom. The van der Waals surface area contributed by atoms with E-state index in [-0.39, 0.29) is 12.1 Å². The smallest absolute Gasteiger partial charge is 0.319 e. The second kappa shape index (κ2) is 6.29. The molecule has 0 spiro atoms. The lowest BCUT2D eigenvalue weighted by atomic mass is 10.0. The molecule has 0 aliphatic heterocycles. The second-order valence-corrected chi connectivity index (χ2v) is 6.15. The predicted molar refractivity (Wildman–Crippen MR) is 95.1 cm³/mol. The van der Waals surface area contributed by atoms with Crippen LogP contribution in [-0.4, -0.2) is 16.2 Å². The van der Waals surface area contributed by atoms with E-state index in [1.54, 1.807) is 6.20 Å². The number of anilines is 1. The SMILES string of the molecule is N#CCc1cccc2c1CCC2NC(=O)Nc1cccc2[nH]ncc12. The molecule has 0 saturated carbocycles. The van der Waals surface area contributed by atoms with Crippen LogP contribution in [-0.2, 0) is 12.8 Å². The van der Waals surface area contributed by atoms with Crippen LogP contribution in [0.2, 0.25) is 0 Å². The van der Waals surface area contributed by atoms with E-state index in [1.165, 1.54) is 5.56 Å². The number of nitriles is 1. The van der Waals surface area contributed by atoms with Gasteiger partial charge < -0.3 is 10.6 Å². The Morgan fingerprint density at radius 2 is 2.20 bits per heavy atom. The number of fused-ring (bicyclic) bond motifs is 2. The normalized spacial score (nSPS) is 15.6. The maximum Gasteiger partial charge on any atom is 0.319 e. The number of benzene rings is 2. The topological polar surface area (TPSA) is 93.6 Å². The van der Waals surface area contributed by atoms with E-state index in [0.717, 1.165) is 40.6 Å². The van der Waals surface area contributed by atoms with Gasteiger partial charge in [-0.25, -0.2) is 4.79 Å². The number of hydrogen-bond donors (Lipinski definition) is 3. The van der Waals surface area contributed by atoms with Crippen LogP contribution in [0.4, 0.5) is 10.5 Å². The summed E-state index contributed by atoms with van der Waals surface area (Å²) in [4.78, 5) is 12.4. The quantitative estimate of drug-likeness (QED) is 0.686. The van der Waals surface area contributed by atoms with Gasteiger partial charge in [-0.2, -0.15) is 10.4 Å². The highest BCUT2D eigenvalue weighted by Gasteiger charge is 2.25. The van der Waals surface area contributed by atoms with Gasteiger partial charge in [-0.1, -0.05) is 24.3 Å². The third-order valence-electron chi connectivity index (χ3n) is 4.68. The number of aromatic nitrogens is 2. The Morgan fingerprint density at radius 1 is 1.32 bits per heavy atom. The van der Waals surface area contributed by atoms with Crippen LogP contribution >= 0.6 is 0 Å². The fourth-order valence-electron chi connectivity index (χ4n) is 3.52. The molecule has 1 atom stereocenters. The number of nitrogens with one attached hydrogen (secondary N) is 3. The Balaban J connectivity index is 1.51. The third-order valence-corrected chi connectivity index (χ3v) is 4.68. The number of urea groups is 1. The maximum absolute atomic E-state index is 12.4. The summed E-state index contributed by atoms with van der Waals surface area (Å²) in [6, 6.07) is 13.6. The summed E-state index contributed by atoms with van der Waals surface area (Å²) in [5, 5.41) is 22.7. The van der Waals surface area contributed by atoms with Gasteiger partial charge in [-0.15, -0.1) is 0 Å². The molecule has 2 amide bonds. The van der Waals surface area contributed by atoms with Crippen LogP contribution < -0.4 is 10.6 Å². The molecule has 6 heteroatoms. The molecular formula is C19H17N5O. The fourth-order valence-corrected chi connectivity index (χ4v) is 3.52. The Hall–Kier alpha value is -3.33. The number of rotatable bonds is 3. The van der Waals surface area contributed by atoms with Crippen molar-refractivity contribution in [3.63, 3.8) is 0 Å². The molecule has 6 nitrogen and oxygen atoms in total. The number of carbonyl (C=O) groups is 1. The van der Waals surface area contributed by atoms with Crippen molar-refractivity contribution in [3.8, 4) is 6.07 Å². The van der Waals surface area contributed by atoms with Gasteiger partial charge >= 0.3 is 6.03 Å². The maximum atomic E-state index is 12.4. The summed E-state index contributed by atoms with van der Waals surface area (Å²) in [6.07, 6.45) is 3.84. The zero-order valence-electron chi connectivity index (χ0n) is 13.5. The number of nitrogens with zero attached hydrogens (tertiary/aromatic N) is 2. The monoisotopic (exact) mass is 331 g/mol. The summed E-state index contributed by atoms with van der Waals surface area (Å²) in [7, 11) is 0. The standard InChI is InChI=1S/C19H17N5O/c20-10-9-12-3-1-4-14-13(12)7-8-17(14)23-19(25)22-16-5-2-6-18-15(16)11-21-24-18/h1-6,11,17H,7-9H2,(H,21,24)(H2,22,23,25). The summed E-state index contributed by atoms with van der Waals surface area (Å²) < 4.78 is 0. The van der Waals surface area contributed by atoms with Crippen molar-refractivity contribution in [2.45, 2.75) is 25.3 Å². The molecule has 0 saturated heterocycles. The summed E-state index contributed by atoms with van der Waals surface area (Å²) in [5.74, 6) is 0. The van der Waals surface area contributed by atoms with E-state index in [2.05, 4.69) is 26.9 Å². The van der Waals surface area contributed by atoms with Gasteiger partial charge in [0.05, 0.1) is 35.9 Å². The van der Waals surface area contributed by atoms with E-state index < -0.39 is 0 Å². The number of carbonyl (C=O) groups excluding carboxylic acids is 1. The predicted octanol–water partition coefficient (Wildman–Crippen LogP) is 3.44. The van der Waals surface area contributed by atoms with Gasteiger partial charge in [0.2, 0.25) is 0 Å². The molecule has 25 heavy (non-hydrogen) atoms. The van der Waals surface area contributed by atoms with Gasteiger partial charge in [-0.05, 0) is 41.7 Å². The third kappa shape index (κ3) is 2.81. The van der Waals surface area contributed by atoms with Crippen molar-refractivity contribution in [2.75, 3.05) is 5.32 Å². The van der Waals surface area contributed by atoms with E-state index in [4.69, 9.17) is 5.26 Å². The van der Waals surface area contributed by atoms with Crippen LogP contribution in [0.1, 0.15) is 29.2 Å².